The summed E-state index contributed by atoms with van der Waals surface area (Å²) in [6, 6.07) is 5.22. The minimum atomic E-state index is -3.43. The van der Waals surface area contributed by atoms with Crippen LogP contribution in [-0.2, 0) is 26.6 Å². The molecule has 114 valence electrons. The fourth-order valence-corrected chi connectivity index (χ4v) is 2.86. The topological polar surface area (TPSA) is 96.4 Å². The molecule has 0 unspecified atom stereocenters. The van der Waals surface area contributed by atoms with E-state index in [9.17, 15) is 16.8 Å². The highest BCUT2D eigenvalue weighted by Gasteiger charge is 2.18. The molecule has 1 rings (SSSR count). The number of hydrogen-bond acceptors (Lipinski definition) is 5. The Hall–Kier alpha value is -1.03. The molecular formula is C11H19N3O4S2. The average molecular weight is 321 g/mol. The second kappa shape index (κ2) is 7.11. The van der Waals surface area contributed by atoms with Crippen LogP contribution in [0.2, 0.25) is 0 Å². The highest BCUT2D eigenvalue weighted by Crippen LogP contribution is 2.05. The van der Waals surface area contributed by atoms with Crippen molar-refractivity contribution in [2.45, 2.75) is 13.5 Å². The summed E-state index contributed by atoms with van der Waals surface area (Å²) >= 11 is 0. The lowest BCUT2D eigenvalue weighted by Crippen LogP contribution is -2.38. The molecule has 0 radical (unpaired) electrons. The number of pyridine rings is 1. The molecule has 0 bridgehead atoms. The van der Waals surface area contributed by atoms with E-state index in [2.05, 4.69) is 9.71 Å². The monoisotopic (exact) mass is 321 g/mol. The van der Waals surface area contributed by atoms with Crippen molar-refractivity contribution in [2.24, 2.45) is 0 Å². The molecule has 0 saturated heterocycles. The first-order valence-corrected chi connectivity index (χ1v) is 9.57. The molecule has 1 aromatic rings. The van der Waals surface area contributed by atoms with Crippen LogP contribution in [0.5, 0.6) is 0 Å². The predicted octanol–water partition coefficient (Wildman–Crippen LogP) is -0.217. The van der Waals surface area contributed by atoms with Crippen molar-refractivity contribution < 1.29 is 16.8 Å². The van der Waals surface area contributed by atoms with Crippen LogP contribution < -0.4 is 4.72 Å². The van der Waals surface area contributed by atoms with E-state index in [-0.39, 0.29) is 25.4 Å². The zero-order chi connectivity index (χ0) is 15.2. The molecule has 7 nitrogen and oxygen atoms in total. The Balaban J connectivity index is 2.68. The summed E-state index contributed by atoms with van der Waals surface area (Å²) in [5.74, 6) is -0.0356. The molecule has 0 amide bonds. The molecule has 1 N–H and O–H groups in total. The van der Waals surface area contributed by atoms with Crippen LogP contribution in [0.3, 0.4) is 0 Å². The number of hydrogen-bond donors (Lipinski definition) is 1. The van der Waals surface area contributed by atoms with E-state index in [0.717, 1.165) is 6.26 Å². The molecule has 20 heavy (non-hydrogen) atoms. The first kappa shape index (κ1) is 17.0. The first-order valence-electron chi connectivity index (χ1n) is 6.07. The molecule has 0 fully saturated rings. The second-order valence-corrected chi connectivity index (χ2v) is 8.29. The van der Waals surface area contributed by atoms with Gasteiger partial charge in [0.25, 0.3) is 0 Å². The molecule has 1 heterocycles. The van der Waals surface area contributed by atoms with Crippen molar-refractivity contribution in [1.29, 1.82) is 0 Å². The predicted molar refractivity (Wildman–Crippen MR) is 77.0 cm³/mol. The average Bonchev–Trinajstić information content (AvgIpc) is 2.37. The second-order valence-electron chi connectivity index (χ2n) is 4.22. The normalized spacial score (nSPS) is 12.8. The van der Waals surface area contributed by atoms with Gasteiger partial charge in [-0.25, -0.2) is 21.6 Å². The zero-order valence-electron chi connectivity index (χ0n) is 11.5. The summed E-state index contributed by atoms with van der Waals surface area (Å²) in [5.41, 5.74) is 0.608. The van der Waals surface area contributed by atoms with E-state index in [1.807, 2.05) is 0 Å². The van der Waals surface area contributed by atoms with Gasteiger partial charge in [0, 0.05) is 19.3 Å². The van der Waals surface area contributed by atoms with Crippen molar-refractivity contribution in [1.82, 2.24) is 14.0 Å². The lowest BCUT2D eigenvalue weighted by Gasteiger charge is -2.19. The van der Waals surface area contributed by atoms with Gasteiger partial charge in [-0.15, -0.1) is 0 Å². The van der Waals surface area contributed by atoms with Crippen molar-refractivity contribution in [2.75, 3.05) is 25.1 Å². The Labute approximate surface area is 120 Å². The van der Waals surface area contributed by atoms with E-state index in [4.69, 9.17) is 0 Å². The Bertz CT molecular complexity index is 614. The van der Waals surface area contributed by atoms with Gasteiger partial charge < -0.3 is 0 Å². The highest BCUT2D eigenvalue weighted by atomic mass is 32.2. The van der Waals surface area contributed by atoms with E-state index in [1.165, 1.54) is 11.2 Å². The molecule has 1 aromatic heterocycles. The van der Waals surface area contributed by atoms with Crippen LogP contribution >= 0.6 is 0 Å². The van der Waals surface area contributed by atoms with Gasteiger partial charge in [0.1, 0.15) is 0 Å². The lowest BCUT2D eigenvalue weighted by molar-refractivity contribution is 0.408. The Morgan fingerprint density at radius 3 is 2.45 bits per heavy atom. The SMILES string of the molecule is CCS(=O)(=O)NCCN(Cc1ccccn1)S(C)(=O)=O. The van der Waals surface area contributed by atoms with Crippen LogP contribution in [0.1, 0.15) is 12.6 Å². The number of sulfonamides is 2. The van der Waals surface area contributed by atoms with Gasteiger partial charge in [-0.05, 0) is 19.1 Å². The van der Waals surface area contributed by atoms with E-state index >= 15 is 0 Å². The van der Waals surface area contributed by atoms with Gasteiger partial charge in [-0.1, -0.05) is 6.07 Å². The Kier molecular flexibility index (Phi) is 6.06. The summed E-state index contributed by atoms with van der Waals surface area (Å²) in [5, 5.41) is 0. The molecule has 0 aliphatic carbocycles. The maximum atomic E-state index is 11.7. The van der Waals surface area contributed by atoms with Crippen LogP contribution in [0, 0.1) is 0 Å². The fourth-order valence-electron chi connectivity index (χ4n) is 1.46. The number of nitrogens with one attached hydrogen (secondary N) is 1. The van der Waals surface area contributed by atoms with Crippen LogP contribution in [0.25, 0.3) is 0 Å². The molecule has 0 aliphatic heterocycles. The molecule has 0 saturated carbocycles. The van der Waals surface area contributed by atoms with Gasteiger partial charge in [0.2, 0.25) is 20.0 Å². The van der Waals surface area contributed by atoms with Crippen LogP contribution in [0.15, 0.2) is 24.4 Å². The molecule has 0 atom stereocenters. The molecule has 0 spiro atoms. The van der Waals surface area contributed by atoms with Gasteiger partial charge >= 0.3 is 0 Å². The van der Waals surface area contributed by atoms with Crippen molar-refractivity contribution in [3.63, 3.8) is 0 Å². The Morgan fingerprint density at radius 2 is 1.95 bits per heavy atom. The van der Waals surface area contributed by atoms with Gasteiger partial charge in [-0.3, -0.25) is 4.98 Å². The largest absolute Gasteiger partial charge is 0.260 e. The lowest BCUT2D eigenvalue weighted by atomic mass is 10.3. The zero-order valence-corrected chi connectivity index (χ0v) is 13.1. The smallest absolute Gasteiger partial charge is 0.211 e. The first-order chi connectivity index (χ1) is 9.24. The quantitative estimate of drug-likeness (QED) is 0.714. The van der Waals surface area contributed by atoms with Crippen molar-refractivity contribution in [3.8, 4) is 0 Å². The minimum Gasteiger partial charge on any atom is -0.260 e. The van der Waals surface area contributed by atoms with Crippen LogP contribution in [-0.4, -0.2) is 51.2 Å². The third kappa shape index (κ3) is 5.95. The van der Waals surface area contributed by atoms with Gasteiger partial charge in [0.15, 0.2) is 0 Å². The minimum absolute atomic E-state index is 0.0356. The summed E-state index contributed by atoms with van der Waals surface area (Å²) in [4.78, 5) is 4.06. The molecule has 0 aliphatic rings. The van der Waals surface area contributed by atoms with E-state index in [1.54, 1.807) is 24.4 Å². The number of rotatable bonds is 8. The van der Waals surface area contributed by atoms with Crippen molar-refractivity contribution in [3.05, 3.63) is 30.1 Å². The van der Waals surface area contributed by atoms with Gasteiger partial charge in [-0.2, -0.15) is 4.31 Å². The summed E-state index contributed by atoms with van der Waals surface area (Å²) in [6.07, 6.45) is 2.67. The standard InChI is InChI=1S/C11H19N3O4S2/c1-3-20(17,18)13-8-9-14(19(2,15)16)10-11-6-4-5-7-12-11/h4-7,13H,3,8-10H2,1-2H3. The summed E-state index contributed by atoms with van der Waals surface area (Å²) < 4.78 is 49.5. The third-order valence-corrected chi connectivity index (χ3v) is 5.25. The Morgan fingerprint density at radius 1 is 1.25 bits per heavy atom. The highest BCUT2D eigenvalue weighted by molar-refractivity contribution is 7.89. The maximum absolute atomic E-state index is 11.7. The molecule has 0 aromatic carbocycles. The third-order valence-electron chi connectivity index (χ3n) is 2.60. The maximum Gasteiger partial charge on any atom is 0.211 e. The van der Waals surface area contributed by atoms with E-state index < -0.39 is 20.0 Å². The molecular weight excluding hydrogens is 302 g/mol. The molecule has 9 heteroatoms. The number of nitrogens with zero attached hydrogens (tertiary/aromatic N) is 2. The van der Waals surface area contributed by atoms with E-state index in [0.29, 0.717) is 5.69 Å². The van der Waals surface area contributed by atoms with Crippen LogP contribution in [0.4, 0.5) is 0 Å². The summed E-state index contributed by atoms with van der Waals surface area (Å²) in [7, 11) is -6.75. The summed E-state index contributed by atoms with van der Waals surface area (Å²) in [6.45, 7) is 1.74. The fraction of sp³-hybridized carbons (Fsp3) is 0.545. The number of aromatic nitrogens is 1. The van der Waals surface area contributed by atoms with Crippen molar-refractivity contribution >= 4 is 20.0 Å². The van der Waals surface area contributed by atoms with Gasteiger partial charge in [0.05, 0.1) is 24.2 Å².